The molecule has 2 rings (SSSR count). The fraction of sp³-hybridized carbons (Fsp3) is 0.375. The Hall–Kier alpha value is -2.34. The van der Waals surface area contributed by atoms with Gasteiger partial charge in [-0.2, -0.15) is 0 Å². The Morgan fingerprint density at radius 1 is 1.45 bits per heavy atom. The van der Waals surface area contributed by atoms with Crippen molar-refractivity contribution < 1.29 is 29.3 Å². The number of rotatable bonds is 6. The number of carboxylic acid groups (broad SMARTS) is 1. The van der Waals surface area contributed by atoms with Crippen LogP contribution in [0.25, 0.3) is 0 Å². The molecule has 6 heteroatoms. The minimum absolute atomic E-state index is 0.0914. The Bertz CT molecular complexity index is 605. The summed E-state index contributed by atoms with van der Waals surface area (Å²) in [6.45, 7) is 3.39. The molecule has 0 fully saturated rings. The number of carbonyl (C=O) groups excluding carboxylic acids is 1. The van der Waals surface area contributed by atoms with E-state index in [0.29, 0.717) is 17.1 Å². The van der Waals surface area contributed by atoms with Gasteiger partial charge in [0.1, 0.15) is 24.4 Å². The zero-order valence-electron chi connectivity index (χ0n) is 12.4. The van der Waals surface area contributed by atoms with Gasteiger partial charge in [-0.05, 0) is 25.1 Å². The highest BCUT2D eigenvalue weighted by atomic mass is 16.5. The summed E-state index contributed by atoms with van der Waals surface area (Å²) in [6.07, 6.45) is 1.53. The molecule has 1 aromatic carbocycles. The van der Waals surface area contributed by atoms with Gasteiger partial charge in [-0.15, -0.1) is 0 Å². The van der Waals surface area contributed by atoms with Crippen LogP contribution in [-0.4, -0.2) is 35.2 Å². The maximum absolute atomic E-state index is 11.2. The molecular formula is C16H18O6. The molecule has 0 bridgehead atoms. The fourth-order valence-electron chi connectivity index (χ4n) is 2.29. The number of benzene rings is 1. The molecule has 0 aliphatic carbocycles. The molecule has 22 heavy (non-hydrogen) atoms. The average molecular weight is 306 g/mol. The zero-order valence-corrected chi connectivity index (χ0v) is 12.4. The summed E-state index contributed by atoms with van der Waals surface area (Å²) in [5.74, 6) is -1.48. The van der Waals surface area contributed by atoms with Gasteiger partial charge >= 0.3 is 5.97 Å². The molecule has 1 heterocycles. The van der Waals surface area contributed by atoms with Gasteiger partial charge in [-0.25, -0.2) is 4.79 Å². The van der Waals surface area contributed by atoms with Crippen molar-refractivity contribution >= 4 is 12.3 Å². The summed E-state index contributed by atoms with van der Waals surface area (Å²) in [5.41, 5.74) is 0.618. The normalized spacial score (nSPS) is 19.2. The van der Waals surface area contributed by atoms with Crippen LogP contribution in [-0.2, 0) is 9.59 Å². The Balaban J connectivity index is 2.46. The summed E-state index contributed by atoms with van der Waals surface area (Å²) in [4.78, 5) is 22.3. The standard InChI is InChI=1S/C16H18O6/c1-9(7-17)11-6-14(16(19)20)22-13-5-3-4-12(15(11)13)21-8-10(2)18/h3-7,9-11,18H,8H2,1-2H3,(H,19,20). The largest absolute Gasteiger partial charge is 0.490 e. The first-order valence-corrected chi connectivity index (χ1v) is 6.96. The number of aldehydes is 1. The van der Waals surface area contributed by atoms with E-state index in [1.165, 1.54) is 6.08 Å². The number of carbonyl (C=O) groups is 2. The van der Waals surface area contributed by atoms with Crippen molar-refractivity contribution in [3.63, 3.8) is 0 Å². The summed E-state index contributed by atoms with van der Waals surface area (Å²) >= 11 is 0. The first-order chi connectivity index (χ1) is 10.4. The van der Waals surface area contributed by atoms with Crippen molar-refractivity contribution in [1.29, 1.82) is 0 Å². The molecular weight excluding hydrogens is 288 g/mol. The van der Waals surface area contributed by atoms with E-state index >= 15 is 0 Å². The molecule has 1 aliphatic heterocycles. The molecule has 3 unspecified atom stereocenters. The van der Waals surface area contributed by atoms with E-state index in [9.17, 15) is 14.7 Å². The first-order valence-electron chi connectivity index (χ1n) is 6.96. The van der Waals surface area contributed by atoms with Crippen LogP contribution in [0.4, 0.5) is 0 Å². The third-order valence-corrected chi connectivity index (χ3v) is 3.38. The predicted octanol–water partition coefficient (Wildman–Crippen LogP) is 1.73. The number of aliphatic hydroxyl groups is 1. The van der Waals surface area contributed by atoms with Gasteiger partial charge in [0.25, 0.3) is 0 Å². The highest BCUT2D eigenvalue weighted by Crippen LogP contribution is 2.43. The molecule has 0 saturated heterocycles. The summed E-state index contributed by atoms with van der Waals surface area (Å²) in [7, 11) is 0. The third-order valence-electron chi connectivity index (χ3n) is 3.38. The molecule has 0 spiro atoms. The number of ether oxygens (including phenoxy) is 2. The van der Waals surface area contributed by atoms with E-state index in [-0.39, 0.29) is 12.4 Å². The minimum Gasteiger partial charge on any atom is -0.490 e. The van der Waals surface area contributed by atoms with E-state index in [0.717, 1.165) is 6.29 Å². The molecule has 0 amide bonds. The van der Waals surface area contributed by atoms with Gasteiger partial charge in [0.15, 0.2) is 0 Å². The molecule has 1 aliphatic rings. The second kappa shape index (κ2) is 6.62. The number of aliphatic hydroxyl groups excluding tert-OH is 1. The van der Waals surface area contributed by atoms with Crippen molar-refractivity contribution in [2.24, 2.45) is 5.92 Å². The van der Waals surface area contributed by atoms with Crippen molar-refractivity contribution in [2.75, 3.05) is 6.61 Å². The van der Waals surface area contributed by atoms with Crippen molar-refractivity contribution in [3.05, 3.63) is 35.6 Å². The highest BCUT2D eigenvalue weighted by molar-refractivity contribution is 5.86. The van der Waals surface area contributed by atoms with E-state index < -0.39 is 23.9 Å². The summed E-state index contributed by atoms with van der Waals surface area (Å²) in [5, 5.41) is 18.5. The number of hydrogen-bond donors (Lipinski definition) is 2. The molecule has 0 aromatic heterocycles. The lowest BCUT2D eigenvalue weighted by molar-refractivity contribution is -0.135. The van der Waals surface area contributed by atoms with Crippen LogP contribution in [0.15, 0.2) is 30.0 Å². The molecule has 3 atom stereocenters. The van der Waals surface area contributed by atoms with Gasteiger partial charge in [-0.1, -0.05) is 13.0 Å². The van der Waals surface area contributed by atoms with Gasteiger partial charge in [-0.3, -0.25) is 0 Å². The fourth-order valence-corrected chi connectivity index (χ4v) is 2.29. The maximum atomic E-state index is 11.2. The summed E-state index contributed by atoms with van der Waals surface area (Å²) in [6, 6.07) is 5.00. The molecule has 6 nitrogen and oxygen atoms in total. The van der Waals surface area contributed by atoms with Gasteiger partial charge in [0.05, 0.1) is 6.10 Å². The van der Waals surface area contributed by atoms with Gasteiger partial charge < -0.3 is 24.5 Å². The minimum atomic E-state index is -1.19. The maximum Gasteiger partial charge on any atom is 0.371 e. The van der Waals surface area contributed by atoms with Crippen LogP contribution in [0, 0.1) is 5.92 Å². The summed E-state index contributed by atoms with van der Waals surface area (Å²) < 4.78 is 10.9. The lowest BCUT2D eigenvalue weighted by Crippen LogP contribution is -2.22. The smallest absolute Gasteiger partial charge is 0.371 e. The highest BCUT2D eigenvalue weighted by Gasteiger charge is 2.31. The van der Waals surface area contributed by atoms with Gasteiger partial charge in [0, 0.05) is 17.4 Å². The molecule has 0 radical (unpaired) electrons. The molecule has 118 valence electrons. The van der Waals surface area contributed by atoms with Crippen molar-refractivity contribution in [1.82, 2.24) is 0 Å². The topological polar surface area (TPSA) is 93.1 Å². The average Bonchev–Trinajstić information content (AvgIpc) is 2.50. The van der Waals surface area contributed by atoms with Crippen LogP contribution in [0.1, 0.15) is 25.3 Å². The predicted molar refractivity (Wildman–Crippen MR) is 77.9 cm³/mol. The molecule has 0 saturated carbocycles. The Kier molecular flexibility index (Phi) is 4.82. The van der Waals surface area contributed by atoms with Crippen LogP contribution >= 0.6 is 0 Å². The zero-order chi connectivity index (χ0) is 16.3. The van der Waals surface area contributed by atoms with E-state index in [1.54, 1.807) is 32.0 Å². The molecule has 2 N–H and O–H groups in total. The quantitative estimate of drug-likeness (QED) is 0.777. The second-order valence-corrected chi connectivity index (χ2v) is 5.29. The monoisotopic (exact) mass is 306 g/mol. The molecule has 1 aromatic rings. The van der Waals surface area contributed by atoms with Crippen LogP contribution < -0.4 is 9.47 Å². The van der Waals surface area contributed by atoms with Crippen LogP contribution in [0.3, 0.4) is 0 Å². The van der Waals surface area contributed by atoms with Crippen LogP contribution in [0.5, 0.6) is 11.5 Å². The van der Waals surface area contributed by atoms with Crippen LogP contribution in [0.2, 0.25) is 0 Å². The van der Waals surface area contributed by atoms with Crippen molar-refractivity contribution in [2.45, 2.75) is 25.9 Å². The van der Waals surface area contributed by atoms with E-state index in [4.69, 9.17) is 14.6 Å². The lowest BCUT2D eigenvalue weighted by Gasteiger charge is -2.27. The third kappa shape index (κ3) is 3.28. The number of allylic oxidation sites excluding steroid dienone is 1. The number of hydrogen-bond acceptors (Lipinski definition) is 5. The lowest BCUT2D eigenvalue weighted by atomic mass is 9.85. The van der Waals surface area contributed by atoms with E-state index in [1.807, 2.05) is 0 Å². The Morgan fingerprint density at radius 3 is 2.77 bits per heavy atom. The first kappa shape index (κ1) is 16.0. The SMILES string of the molecule is CC(O)COc1cccc2c1C(C(C)C=O)C=C(C(=O)O)O2. The van der Waals surface area contributed by atoms with Crippen molar-refractivity contribution in [3.8, 4) is 11.5 Å². The number of aliphatic carboxylic acids is 1. The Labute approximate surface area is 128 Å². The number of carboxylic acids is 1. The van der Waals surface area contributed by atoms with Gasteiger partial charge in [0.2, 0.25) is 5.76 Å². The Morgan fingerprint density at radius 2 is 2.18 bits per heavy atom. The van der Waals surface area contributed by atoms with E-state index in [2.05, 4.69) is 0 Å². The number of fused-ring (bicyclic) bond motifs is 1. The second-order valence-electron chi connectivity index (χ2n) is 5.29.